The quantitative estimate of drug-likeness (QED) is 0.551. The number of hydrogen-bond donors (Lipinski definition) is 1. The van der Waals surface area contributed by atoms with Crippen molar-refractivity contribution in [1.29, 1.82) is 0 Å². The summed E-state index contributed by atoms with van der Waals surface area (Å²) in [4.78, 5) is 25.6. The van der Waals surface area contributed by atoms with Crippen molar-refractivity contribution in [2.75, 3.05) is 26.0 Å². The van der Waals surface area contributed by atoms with Gasteiger partial charge < -0.3 is 10.1 Å². The number of benzene rings is 2. The summed E-state index contributed by atoms with van der Waals surface area (Å²) >= 11 is 1.28. The second-order valence-electron chi connectivity index (χ2n) is 7.65. The Morgan fingerprint density at radius 2 is 1.91 bits per heavy atom. The molecule has 1 saturated heterocycles. The first-order valence-corrected chi connectivity index (χ1v) is 11.4. The maximum atomic E-state index is 12.6. The molecular weight excluding hydrogens is 426 g/mol. The van der Waals surface area contributed by atoms with Crippen molar-refractivity contribution in [2.24, 2.45) is 0 Å². The number of carbonyl (C=O) groups excluding carboxylic acids is 2. The molecule has 1 aliphatic heterocycles. The molecule has 0 aliphatic carbocycles. The minimum atomic E-state index is -0.346. The first kappa shape index (κ1) is 21.9. The van der Waals surface area contributed by atoms with Crippen LogP contribution in [0.5, 0.6) is 5.75 Å². The molecule has 9 heteroatoms. The first-order chi connectivity index (χ1) is 15.5. The molecule has 8 nitrogen and oxygen atoms in total. The Morgan fingerprint density at radius 3 is 2.56 bits per heavy atom. The van der Waals surface area contributed by atoms with Crippen LogP contribution in [0.4, 0.5) is 4.79 Å². The summed E-state index contributed by atoms with van der Waals surface area (Å²) < 4.78 is 7.26. The Balaban J connectivity index is 1.73. The van der Waals surface area contributed by atoms with Crippen LogP contribution < -0.4 is 10.1 Å². The molecule has 0 atom stereocenters. The van der Waals surface area contributed by atoms with Crippen LogP contribution in [0, 0.1) is 0 Å². The highest BCUT2D eigenvalue weighted by Gasteiger charge is 2.27. The van der Waals surface area contributed by atoms with E-state index in [0.717, 1.165) is 22.6 Å². The summed E-state index contributed by atoms with van der Waals surface area (Å²) in [5, 5.41) is 12.1. The Labute approximate surface area is 191 Å². The molecular formula is C23H25N5O3S. The van der Waals surface area contributed by atoms with Gasteiger partial charge in [0.2, 0.25) is 5.91 Å². The number of imide groups is 1. The minimum Gasteiger partial charge on any atom is -0.497 e. The van der Waals surface area contributed by atoms with Gasteiger partial charge in [0, 0.05) is 18.7 Å². The van der Waals surface area contributed by atoms with Crippen LogP contribution >= 0.6 is 11.8 Å². The van der Waals surface area contributed by atoms with Gasteiger partial charge in [-0.1, -0.05) is 43.8 Å². The molecule has 0 spiro atoms. The number of hydrogen-bond acceptors (Lipinski definition) is 6. The van der Waals surface area contributed by atoms with Gasteiger partial charge in [0.1, 0.15) is 5.75 Å². The Bertz CT molecular complexity index is 1130. The molecule has 166 valence electrons. The fourth-order valence-electron chi connectivity index (χ4n) is 3.60. The van der Waals surface area contributed by atoms with Crippen molar-refractivity contribution >= 4 is 23.7 Å². The third-order valence-electron chi connectivity index (χ3n) is 5.26. The van der Waals surface area contributed by atoms with E-state index in [4.69, 9.17) is 4.74 Å². The van der Waals surface area contributed by atoms with Crippen molar-refractivity contribution in [2.45, 2.75) is 24.9 Å². The number of nitrogens with zero attached hydrogens (tertiary/aromatic N) is 4. The van der Waals surface area contributed by atoms with Gasteiger partial charge in [-0.15, -0.1) is 10.2 Å². The molecule has 1 fully saturated rings. The Morgan fingerprint density at radius 1 is 1.16 bits per heavy atom. The SMILES string of the molecule is COc1ccc(-c2nnc(SCC(=O)N3CCNC3=O)n2-c2ccccc2C(C)C)cc1. The van der Waals surface area contributed by atoms with E-state index >= 15 is 0 Å². The largest absolute Gasteiger partial charge is 0.497 e. The molecule has 32 heavy (non-hydrogen) atoms. The van der Waals surface area contributed by atoms with E-state index in [-0.39, 0.29) is 23.6 Å². The molecule has 0 unspecified atom stereocenters. The maximum absolute atomic E-state index is 12.6. The van der Waals surface area contributed by atoms with Crippen LogP contribution in [0.3, 0.4) is 0 Å². The fraction of sp³-hybridized carbons (Fsp3) is 0.304. The van der Waals surface area contributed by atoms with Gasteiger partial charge in [-0.05, 0) is 41.8 Å². The normalized spacial score (nSPS) is 13.5. The number of aromatic nitrogens is 3. The summed E-state index contributed by atoms with van der Waals surface area (Å²) in [6.07, 6.45) is 0. The van der Waals surface area contributed by atoms with Gasteiger partial charge >= 0.3 is 6.03 Å². The number of ether oxygens (including phenoxy) is 1. The average Bonchev–Trinajstić information content (AvgIpc) is 3.43. The molecule has 0 saturated carbocycles. The lowest BCUT2D eigenvalue weighted by Gasteiger charge is -2.17. The molecule has 1 aliphatic rings. The lowest BCUT2D eigenvalue weighted by molar-refractivity contribution is -0.124. The van der Waals surface area contributed by atoms with Gasteiger partial charge in [0.05, 0.1) is 18.6 Å². The molecule has 2 aromatic carbocycles. The van der Waals surface area contributed by atoms with Crippen LogP contribution in [-0.4, -0.2) is 57.6 Å². The molecule has 3 amide bonds. The number of amides is 3. The first-order valence-electron chi connectivity index (χ1n) is 10.4. The van der Waals surface area contributed by atoms with Crippen molar-refractivity contribution in [1.82, 2.24) is 25.0 Å². The second kappa shape index (κ2) is 9.44. The third kappa shape index (κ3) is 4.34. The van der Waals surface area contributed by atoms with Crippen molar-refractivity contribution in [3.63, 3.8) is 0 Å². The highest BCUT2D eigenvalue weighted by molar-refractivity contribution is 7.99. The average molecular weight is 452 g/mol. The van der Waals surface area contributed by atoms with Gasteiger partial charge in [0.25, 0.3) is 0 Å². The highest BCUT2D eigenvalue weighted by Crippen LogP contribution is 2.32. The maximum Gasteiger partial charge on any atom is 0.324 e. The van der Waals surface area contributed by atoms with Crippen LogP contribution in [0.25, 0.3) is 17.1 Å². The van der Waals surface area contributed by atoms with Gasteiger partial charge in [-0.2, -0.15) is 0 Å². The van der Waals surface area contributed by atoms with E-state index in [2.05, 4.69) is 35.4 Å². The summed E-state index contributed by atoms with van der Waals surface area (Å²) in [7, 11) is 1.63. The van der Waals surface area contributed by atoms with Gasteiger partial charge in [0.15, 0.2) is 11.0 Å². The van der Waals surface area contributed by atoms with E-state index < -0.39 is 0 Å². The molecule has 1 N–H and O–H groups in total. The van der Waals surface area contributed by atoms with Crippen LogP contribution in [0.1, 0.15) is 25.3 Å². The Kier molecular flexibility index (Phi) is 6.45. The van der Waals surface area contributed by atoms with Crippen molar-refractivity contribution < 1.29 is 14.3 Å². The number of carbonyl (C=O) groups is 2. The third-order valence-corrected chi connectivity index (χ3v) is 6.18. The molecule has 2 heterocycles. The zero-order chi connectivity index (χ0) is 22.7. The zero-order valence-electron chi connectivity index (χ0n) is 18.2. The smallest absolute Gasteiger partial charge is 0.324 e. The number of rotatable bonds is 7. The van der Waals surface area contributed by atoms with Gasteiger partial charge in [-0.25, -0.2) is 4.79 Å². The van der Waals surface area contributed by atoms with E-state index in [1.54, 1.807) is 7.11 Å². The lowest BCUT2D eigenvalue weighted by atomic mass is 10.0. The predicted molar refractivity (Wildman–Crippen MR) is 123 cm³/mol. The molecule has 4 rings (SSSR count). The number of methoxy groups -OCH3 is 1. The standard InChI is InChI=1S/C23H25N5O3S/c1-15(2)18-6-4-5-7-19(18)28-21(16-8-10-17(31-3)11-9-16)25-26-23(28)32-14-20(29)27-13-12-24-22(27)30/h4-11,15H,12-14H2,1-3H3,(H,24,30). The molecule has 1 aromatic heterocycles. The fourth-order valence-corrected chi connectivity index (χ4v) is 4.42. The van der Waals surface area contributed by atoms with E-state index in [0.29, 0.717) is 24.1 Å². The monoisotopic (exact) mass is 451 g/mol. The number of urea groups is 1. The van der Waals surface area contributed by atoms with Crippen LogP contribution in [0.2, 0.25) is 0 Å². The number of nitrogens with one attached hydrogen (secondary N) is 1. The molecule has 3 aromatic rings. The van der Waals surface area contributed by atoms with Crippen LogP contribution in [-0.2, 0) is 4.79 Å². The van der Waals surface area contributed by atoms with E-state index in [1.807, 2.05) is 47.0 Å². The summed E-state index contributed by atoms with van der Waals surface area (Å²) in [5.41, 5.74) is 3.00. The molecule has 0 radical (unpaired) electrons. The lowest BCUT2D eigenvalue weighted by Crippen LogP contribution is -2.35. The Hall–Kier alpha value is -3.33. The summed E-state index contributed by atoms with van der Waals surface area (Å²) in [5.74, 6) is 1.56. The van der Waals surface area contributed by atoms with E-state index in [1.165, 1.54) is 16.7 Å². The van der Waals surface area contributed by atoms with Crippen LogP contribution in [0.15, 0.2) is 53.7 Å². The number of para-hydroxylation sites is 1. The predicted octanol–water partition coefficient (Wildman–Crippen LogP) is 3.71. The topological polar surface area (TPSA) is 89.4 Å². The number of thioether (sulfide) groups is 1. The van der Waals surface area contributed by atoms with Crippen molar-refractivity contribution in [3.05, 3.63) is 54.1 Å². The summed E-state index contributed by atoms with van der Waals surface area (Å²) in [6.45, 7) is 5.14. The van der Waals surface area contributed by atoms with E-state index in [9.17, 15) is 9.59 Å². The summed E-state index contributed by atoms with van der Waals surface area (Å²) in [6, 6.07) is 15.4. The van der Waals surface area contributed by atoms with Gasteiger partial charge in [-0.3, -0.25) is 14.3 Å². The zero-order valence-corrected chi connectivity index (χ0v) is 19.1. The minimum absolute atomic E-state index is 0.0952. The molecule has 0 bridgehead atoms. The van der Waals surface area contributed by atoms with Crippen molar-refractivity contribution in [3.8, 4) is 22.8 Å². The highest BCUT2D eigenvalue weighted by atomic mass is 32.2. The second-order valence-corrected chi connectivity index (χ2v) is 8.59.